The summed E-state index contributed by atoms with van der Waals surface area (Å²) in [4.78, 5) is 28.9. The molecule has 10 heteroatoms. The van der Waals surface area contributed by atoms with Gasteiger partial charge in [0.1, 0.15) is 18.3 Å². The molecule has 39 heavy (non-hydrogen) atoms. The molecule has 0 unspecified atom stereocenters. The first-order chi connectivity index (χ1) is 18.6. The molecule has 0 saturated carbocycles. The van der Waals surface area contributed by atoms with E-state index in [4.69, 9.17) is 16.3 Å². The number of rotatable bonds is 13. The van der Waals surface area contributed by atoms with Crippen LogP contribution in [0.1, 0.15) is 24.5 Å². The summed E-state index contributed by atoms with van der Waals surface area (Å²) in [5.41, 5.74) is 1.89. The molecule has 2 amide bonds. The standard InChI is InChI=1S/C29H34ClN3O5S/c1-4-17-31-29(35)27(19-22-9-6-5-7-10-22)32(20-23-11-8-12-24(30)18-23)28(34)21-33(39(3,36)37)25-13-15-26(38-2)16-14-25/h5-16,18,27H,4,17,19-21H2,1-3H3,(H,31,35)/t27-/m0/s1. The molecule has 0 bridgehead atoms. The third-order valence-electron chi connectivity index (χ3n) is 6.10. The van der Waals surface area contributed by atoms with Gasteiger partial charge in [-0.1, -0.05) is 61.0 Å². The maximum Gasteiger partial charge on any atom is 0.244 e. The summed E-state index contributed by atoms with van der Waals surface area (Å²) in [6.45, 7) is 1.97. The minimum Gasteiger partial charge on any atom is -0.497 e. The van der Waals surface area contributed by atoms with E-state index in [1.807, 2.05) is 43.3 Å². The molecule has 0 heterocycles. The van der Waals surface area contributed by atoms with Gasteiger partial charge in [0.15, 0.2) is 0 Å². The van der Waals surface area contributed by atoms with Crippen molar-refractivity contribution in [2.75, 3.05) is 30.8 Å². The average Bonchev–Trinajstić information content (AvgIpc) is 2.92. The highest BCUT2D eigenvalue weighted by Crippen LogP contribution is 2.23. The molecule has 3 aromatic rings. The Morgan fingerprint density at radius 1 is 0.974 bits per heavy atom. The highest BCUT2D eigenvalue weighted by Gasteiger charge is 2.33. The quantitative estimate of drug-likeness (QED) is 0.330. The van der Waals surface area contributed by atoms with Crippen LogP contribution in [0.5, 0.6) is 5.75 Å². The van der Waals surface area contributed by atoms with Gasteiger partial charge in [-0.05, 0) is 53.9 Å². The van der Waals surface area contributed by atoms with Crippen LogP contribution in [0.3, 0.4) is 0 Å². The Bertz CT molecular complexity index is 1350. The molecule has 1 atom stereocenters. The second-order valence-corrected chi connectivity index (χ2v) is 11.5. The van der Waals surface area contributed by atoms with Crippen LogP contribution in [0.4, 0.5) is 5.69 Å². The molecule has 0 spiro atoms. The van der Waals surface area contributed by atoms with E-state index in [1.165, 1.54) is 12.0 Å². The normalized spacial score (nSPS) is 11.9. The zero-order valence-corrected chi connectivity index (χ0v) is 23.9. The number of nitrogens with one attached hydrogen (secondary N) is 1. The molecule has 0 saturated heterocycles. The van der Waals surface area contributed by atoms with E-state index < -0.39 is 28.5 Å². The number of ether oxygens (including phenoxy) is 1. The number of carbonyl (C=O) groups is 2. The van der Waals surface area contributed by atoms with Crippen LogP contribution in [0.15, 0.2) is 78.9 Å². The van der Waals surface area contributed by atoms with Crippen LogP contribution in [-0.4, -0.2) is 57.6 Å². The Labute approximate surface area is 235 Å². The maximum atomic E-state index is 14.0. The van der Waals surface area contributed by atoms with Crippen molar-refractivity contribution in [1.29, 1.82) is 0 Å². The summed E-state index contributed by atoms with van der Waals surface area (Å²) >= 11 is 6.22. The highest BCUT2D eigenvalue weighted by atomic mass is 35.5. The van der Waals surface area contributed by atoms with Gasteiger partial charge in [0.05, 0.1) is 19.1 Å². The largest absolute Gasteiger partial charge is 0.497 e. The smallest absolute Gasteiger partial charge is 0.244 e. The van der Waals surface area contributed by atoms with Gasteiger partial charge < -0.3 is 15.0 Å². The van der Waals surface area contributed by atoms with Crippen molar-refractivity contribution in [3.8, 4) is 5.75 Å². The van der Waals surface area contributed by atoms with Gasteiger partial charge in [0, 0.05) is 24.5 Å². The number of hydrogen-bond donors (Lipinski definition) is 1. The first-order valence-corrected chi connectivity index (χ1v) is 14.8. The predicted molar refractivity (Wildman–Crippen MR) is 154 cm³/mol. The van der Waals surface area contributed by atoms with Crippen molar-refractivity contribution < 1.29 is 22.7 Å². The molecule has 0 fully saturated rings. The number of methoxy groups -OCH3 is 1. The molecule has 0 aliphatic carbocycles. The lowest BCUT2D eigenvalue weighted by molar-refractivity contribution is -0.140. The van der Waals surface area contributed by atoms with Crippen LogP contribution < -0.4 is 14.4 Å². The van der Waals surface area contributed by atoms with Gasteiger partial charge in [0.25, 0.3) is 0 Å². The topological polar surface area (TPSA) is 96.0 Å². The second kappa shape index (κ2) is 14.0. The van der Waals surface area contributed by atoms with Crippen molar-refractivity contribution in [1.82, 2.24) is 10.2 Å². The third-order valence-corrected chi connectivity index (χ3v) is 7.48. The number of nitrogens with zero attached hydrogens (tertiary/aromatic N) is 2. The van der Waals surface area contributed by atoms with Crippen LogP contribution >= 0.6 is 11.6 Å². The monoisotopic (exact) mass is 571 g/mol. The van der Waals surface area contributed by atoms with E-state index in [0.717, 1.165) is 22.5 Å². The lowest BCUT2D eigenvalue weighted by atomic mass is 10.0. The second-order valence-electron chi connectivity index (χ2n) is 9.12. The predicted octanol–water partition coefficient (Wildman–Crippen LogP) is 4.28. The highest BCUT2D eigenvalue weighted by molar-refractivity contribution is 7.92. The third kappa shape index (κ3) is 8.73. The van der Waals surface area contributed by atoms with Crippen molar-refractivity contribution in [3.05, 3.63) is 95.0 Å². The molecular weight excluding hydrogens is 538 g/mol. The Hall–Kier alpha value is -3.56. The summed E-state index contributed by atoms with van der Waals surface area (Å²) in [7, 11) is -2.33. The van der Waals surface area contributed by atoms with E-state index in [1.54, 1.807) is 42.5 Å². The van der Waals surface area contributed by atoms with Gasteiger partial charge >= 0.3 is 0 Å². The Morgan fingerprint density at radius 2 is 1.64 bits per heavy atom. The number of halogens is 1. The number of carbonyl (C=O) groups excluding carboxylic acids is 2. The number of amides is 2. The molecule has 8 nitrogen and oxygen atoms in total. The van der Waals surface area contributed by atoms with E-state index in [9.17, 15) is 18.0 Å². The van der Waals surface area contributed by atoms with Crippen LogP contribution in [-0.2, 0) is 32.6 Å². The fraction of sp³-hybridized carbons (Fsp3) is 0.310. The van der Waals surface area contributed by atoms with E-state index in [0.29, 0.717) is 28.6 Å². The first kappa shape index (κ1) is 30.0. The summed E-state index contributed by atoms with van der Waals surface area (Å²) in [6.07, 6.45) is 2.02. The minimum atomic E-state index is -3.84. The van der Waals surface area contributed by atoms with Crippen molar-refractivity contribution in [3.63, 3.8) is 0 Å². The van der Waals surface area contributed by atoms with Gasteiger partial charge in [0.2, 0.25) is 21.8 Å². The fourth-order valence-electron chi connectivity index (χ4n) is 4.11. The summed E-state index contributed by atoms with van der Waals surface area (Å²) < 4.78 is 31.8. The Morgan fingerprint density at radius 3 is 2.23 bits per heavy atom. The van der Waals surface area contributed by atoms with Crippen LogP contribution in [0.25, 0.3) is 0 Å². The lowest BCUT2D eigenvalue weighted by Crippen LogP contribution is -2.53. The lowest BCUT2D eigenvalue weighted by Gasteiger charge is -2.33. The van der Waals surface area contributed by atoms with Crippen LogP contribution in [0.2, 0.25) is 5.02 Å². The fourth-order valence-corrected chi connectivity index (χ4v) is 5.18. The Kier molecular flexibility index (Phi) is 10.8. The molecule has 0 aromatic heterocycles. The van der Waals surface area contributed by atoms with Gasteiger partial charge in [-0.25, -0.2) is 8.42 Å². The zero-order valence-electron chi connectivity index (χ0n) is 22.3. The number of benzene rings is 3. The summed E-state index contributed by atoms with van der Waals surface area (Å²) in [5, 5.41) is 3.40. The molecular formula is C29H34ClN3O5S. The minimum absolute atomic E-state index is 0.0661. The van der Waals surface area contributed by atoms with Gasteiger partial charge in [-0.2, -0.15) is 0 Å². The van der Waals surface area contributed by atoms with Crippen molar-refractivity contribution >= 4 is 39.1 Å². The van der Waals surface area contributed by atoms with E-state index >= 15 is 0 Å². The SMILES string of the molecule is CCCNC(=O)[C@H](Cc1ccccc1)N(Cc1cccc(Cl)c1)C(=O)CN(c1ccc(OC)cc1)S(C)(=O)=O. The maximum absolute atomic E-state index is 14.0. The van der Waals surface area contributed by atoms with Gasteiger partial charge in [-0.3, -0.25) is 13.9 Å². The number of anilines is 1. The Balaban J connectivity index is 2.03. The molecule has 0 radical (unpaired) electrons. The average molecular weight is 572 g/mol. The van der Waals surface area contributed by atoms with E-state index in [2.05, 4.69) is 5.32 Å². The van der Waals surface area contributed by atoms with Crippen molar-refractivity contribution in [2.24, 2.45) is 0 Å². The summed E-state index contributed by atoms with van der Waals surface area (Å²) in [6, 6.07) is 21.9. The molecule has 208 valence electrons. The molecule has 0 aliphatic heterocycles. The van der Waals surface area contributed by atoms with Gasteiger partial charge in [-0.15, -0.1) is 0 Å². The molecule has 3 rings (SSSR count). The molecule has 3 aromatic carbocycles. The van der Waals surface area contributed by atoms with E-state index in [-0.39, 0.29) is 18.9 Å². The zero-order chi connectivity index (χ0) is 28.4. The summed E-state index contributed by atoms with van der Waals surface area (Å²) in [5.74, 6) is -0.285. The number of hydrogen-bond acceptors (Lipinski definition) is 5. The first-order valence-electron chi connectivity index (χ1n) is 12.6. The molecule has 0 aliphatic rings. The molecule has 1 N–H and O–H groups in total. The van der Waals surface area contributed by atoms with Crippen LogP contribution in [0, 0.1) is 0 Å². The van der Waals surface area contributed by atoms with Crippen molar-refractivity contribution in [2.45, 2.75) is 32.4 Å². The number of sulfonamides is 1.